The van der Waals surface area contributed by atoms with Crippen molar-refractivity contribution in [3.05, 3.63) is 59.8 Å². The lowest BCUT2D eigenvalue weighted by atomic mass is 10.1. The van der Waals surface area contributed by atoms with Crippen LogP contribution < -0.4 is 5.32 Å². The molecule has 3 heteroatoms. The third-order valence-corrected chi connectivity index (χ3v) is 2.97. The van der Waals surface area contributed by atoms with Crippen LogP contribution >= 0.6 is 0 Å². The minimum Gasteiger partial charge on any atom is -0.469 e. The van der Waals surface area contributed by atoms with Crippen molar-refractivity contribution in [3.8, 4) is 0 Å². The molecule has 1 aromatic heterocycles. The summed E-state index contributed by atoms with van der Waals surface area (Å²) in [5, 5.41) is 3.43. The Bertz CT molecular complexity index is 481. The Labute approximate surface area is 107 Å². The van der Waals surface area contributed by atoms with Crippen molar-refractivity contribution in [2.24, 2.45) is 0 Å². The molecule has 0 aliphatic heterocycles. The molecule has 18 heavy (non-hydrogen) atoms. The van der Waals surface area contributed by atoms with Crippen LogP contribution in [0.5, 0.6) is 0 Å². The van der Waals surface area contributed by atoms with Crippen LogP contribution in [0.4, 0.5) is 4.39 Å². The van der Waals surface area contributed by atoms with Gasteiger partial charge in [0.25, 0.3) is 0 Å². The Morgan fingerprint density at radius 3 is 2.72 bits per heavy atom. The molecule has 2 aromatic rings. The summed E-state index contributed by atoms with van der Waals surface area (Å²) in [6.07, 6.45) is 2.50. The monoisotopic (exact) mass is 247 g/mol. The predicted molar refractivity (Wildman–Crippen MR) is 69.8 cm³/mol. The van der Waals surface area contributed by atoms with Crippen molar-refractivity contribution in [2.75, 3.05) is 0 Å². The number of hydrogen-bond donors (Lipinski definition) is 1. The molecule has 2 atom stereocenters. The second-order valence-electron chi connectivity index (χ2n) is 4.63. The Kier molecular flexibility index (Phi) is 4.15. The van der Waals surface area contributed by atoms with Gasteiger partial charge in [0.2, 0.25) is 0 Å². The molecule has 0 aliphatic carbocycles. The van der Waals surface area contributed by atoms with Gasteiger partial charge in [-0.25, -0.2) is 4.39 Å². The second-order valence-corrected chi connectivity index (χ2v) is 4.63. The van der Waals surface area contributed by atoms with Crippen LogP contribution in [0.2, 0.25) is 0 Å². The molecule has 0 saturated carbocycles. The van der Waals surface area contributed by atoms with Crippen LogP contribution in [0.15, 0.2) is 47.1 Å². The van der Waals surface area contributed by atoms with E-state index in [0.717, 1.165) is 17.7 Å². The maximum atomic E-state index is 13.1. The van der Waals surface area contributed by atoms with Crippen molar-refractivity contribution in [3.63, 3.8) is 0 Å². The van der Waals surface area contributed by atoms with Crippen LogP contribution in [-0.4, -0.2) is 6.04 Å². The molecule has 1 heterocycles. The lowest BCUT2D eigenvalue weighted by Gasteiger charge is -2.19. The summed E-state index contributed by atoms with van der Waals surface area (Å²) in [6, 6.07) is 10.9. The number of rotatable bonds is 5. The van der Waals surface area contributed by atoms with Crippen molar-refractivity contribution in [1.29, 1.82) is 0 Å². The van der Waals surface area contributed by atoms with Crippen LogP contribution in [0.25, 0.3) is 0 Å². The molecule has 0 amide bonds. The fourth-order valence-corrected chi connectivity index (χ4v) is 2.09. The molecular weight excluding hydrogens is 229 g/mol. The standard InChI is InChI=1S/C15H18FNO/c1-11(9-15-7-4-8-18-15)17-12(2)13-5-3-6-14(16)10-13/h3-8,10-12,17H,9H2,1-2H3/t11?,12-/m1/s1. The van der Waals surface area contributed by atoms with Crippen molar-refractivity contribution in [1.82, 2.24) is 5.32 Å². The van der Waals surface area contributed by atoms with Crippen LogP contribution in [0.3, 0.4) is 0 Å². The Hall–Kier alpha value is -1.61. The number of halogens is 1. The fourth-order valence-electron chi connectivity index (χ4n) is 2.09. The van der Waals surface area contributed by atoms with Crippen molar-refractivity contribution in [2.45, 2.75) is 32.4 Å². The molecule has 0 radical (unpaired) electrons. The van der Waals surface area contributed by atoms with Gasteiger partial charge in [0.15, 0.2) is 0 Å². The van der Waals surface area contributed by atoms with Gasteiger partial charge >= 0.3 is 0 Å². The SMILES string of the molecule is CC(Cc1ccco1)N[C@H](C)c1cccc(F)c1. The zero-order chi connectivity index (χ0) is 13.0. The molecule has 1 unspecified atom stereocenters. The number of hydrogen-bond acceptors (Lipinski definition) is 2. The zero-order valence-corrected chi connectivity index (χ0v) is 10.7. The summed E-state index contributed by atoms with van der Waals surface area (Å²) in [7, 11) is 0. The first kappa shape index (κ1) is 12.8. The summed E-state index contributed by atoms with van der Waals surface area (Å²) >= 11 is 0. The summed E-state index contributed by atoms with van der Waals surface area (Å²) in [5.41, 5.74) is 0.960. The van der Waals surface area contributed by atoms with E-state index in [2.05, 4.69) is 12.2 Å². The van der Waals surface area contributed by atoms with E-state index in [1.54, 1.807) is 18.4 Å². The smallest absolute Gasteiger partial charge is 0.123 e. The van der Waals surface area contributed by atoms with Gasteiger partial charge in [-0.2, -0.15) is 0 Å². The Balaban J connectivity index is 1.92. The third kappa shape index (κ3) is 3.44. The van der Waals surface area contributed by atoms with Crippen molar-refractivity contribution < 1.29 is 8.81 Å². The zero-order valence-electron chi connectivity index (χ0n) is 10.7. The second kappa shape index (κ2) is 5.83. The summed E-state index contributed by atoms with van der Waals surface area (Å²) in [5.74, 6) is 0.765. The molecule has 96 valence electrons. The maximum Gasteiger partial charge on any atom is 0.123 e. The van der Waals surface area contributed by atoms with Gasteiger partial charge in [-0.05, 0) is 43.7 Å². The van der Waals surface area contributed by atoms with E-state index in [0.29, 0.717) is 0 Å². The van der Waals surface area contributed by atoms with Crippen LogP contribution in [0.1, 0.15) is 31.2 Å². The molecule has 2 nitrogen and oxygen atoms in total. The highest BCUT2D eigenvalue weighted by atomic mass is 19.1. The molecule has 0 saturated heterocycles. The van der Waals surface area contributed by atoms with Gasteiger partial charge in [-0.1, -0.05) is 12.1 Å². The topological polar surface area (TPSA) is 25.2 Å². The molecule has 0 aliphatic rings. The average molecular weight is 247 g/mol. The van der Waals surface area contributed by atoms with Gasteiger partial charge in [0.1, 0.15) is 11.6 Å². The molecular formula is C15H18FNO. The maximum absolute atomic E-state index is 13.1. The quantitative estimate of drug-likeness (QED) is 0.871. The Morgan fingerprint density at radius 2 is 2.06 bits per heavy atom. The van der Waals surface area contributed by atoms with Crippen LogP contribution in [0, 0.1) is 5.82 Å². The van der Waals surface area contributed by atoms with Gasteiger partial charge in [-0.3, -0.25) is 0 Å². The first-order valence-electron chi connectivity index (χ1n) is 6.19. The largest absolute Gasteiger partial charge is 0.469 e. The summed E-state index contributed by atoms with van der Waals surface area (Å²) in [6.45, 7) is 4.13. The van der Waals surface area contributed by atoms with Gasteiger partial charge in [0.05, 0.1) is 6.26 Å². The highest BCUT2D eigenvalue weighted by molar-refractivity contribution is 5.19. The highest BCUT2D eigenvalue weighted by Gasteiger charge is 2.11. The van der Waals surface area contributed by atoms with E-state index in [1.165, 1.54) is 6.07 Å². The van der Waals surface area contributed by atoms with E-state index in [4.69, 9.17) is 4.42 Å². The van der Waals surface area contributed by atoms with E-state index in [9.17, 15) is 4.39 Å². The minimum absolute atomic E-state index is 0.116. The molecule has 0 bridgehead atoms. The predicted octanol–water partition coefficient (Wildman–Crippen LogP) is 3.70. The normalized spacial score (nSPS) is 14.4. The third-order valence-electron chi connectivity index (χ3n) is 2.97. The molecule has 0 spiro atoms. The highest BCUT2D eigenvalue weighted by Crippen LogP contribution is 2.15. The van der Waals surface area contributed by atoms with Gasteiger partial charge in [-0.15, -0.1) is 0 Å². The van der Waals surface area contributed by atoms with Gasteiger partial charge < -0.3 is 9.73 Å². The molecule has 0 fully saturated rings. The van der Waals surface area contributed by atoms with E-state index in [-0.39, 0.29) is 17.9 Å². The van der Waals surface area contributed by atoms with E-state index >= 15 is 0 Å². The first-order valence-corrected chi connectivity index (χ1v) is 6.19. The minimum atomic E-state index is -0.195. The summed E-state index contributed by atoms with van der Waals surface area (Å²) < 4.78 is 18.4. The molecule has 1 N–H and O–H groups in total. The number of benzene rings is 1. The fraction of sp³-hybridized carbons (Fsp3) is 0.333. The van der Waals surface area contributed by atoms with Crippen molar-refractivity contribution >= 4 is 0 Å². The molecule has 1 aromatic carbocycles. The van der Waals surface area contributed by atoms with Crippen LogP contribution in [-0.2, 0) is 6.42 Å². The summed E-state index contributed by atoms with van der Waals surface area (Å²) in [4.78, 5) is 0. The van der Waals surface area contributed by atoms with Gasteiger partial charge in [0, 0.05) is 18.5 Å². The lowest BCUT2D eigenvalue weighted by Crippen LogP contribution is -2.30. The first-order chi connectivity index (χ1) is 8.65. The lowest BCUT2D eigenvalue weighted by molar-refractivity contribution is 0.428. The molecule has 2 rings (SSSR count). The average Bonchev–Trinajstić information content (AvgIpc) is 2.81. The number of nitrogens with one attached hydrogen (secondary N) is 1. The van der Waals surface area contributed by atoms with E-state index < -0.39 is 0 Å². The Morgan fingerprint density at radius 1 is 1.22 bits per heavy atom. The van der Waals surface area contributed by atoms with E-state index in [1.807, 2.05) is 25.1 Å². The number of furan rings is 1.